The topological polar surface area (TPSA) is 55.1 Å². The fourth-order valence-electron chi connectivity index (χ4n) is 1.43. The second-order valence-electron chi connectivity index (χ2n) is 2.62. The van der Waals surface area contributed by atoms with E-state index >= 15 is 0 Å². The van der Waals surface area contributed by atoms with Gasteiger partial charge in [0.15, 0.2) is 0 Å². The van der Waals surface area contributed by atoms with Gasteiger partial charge in [0.2, 0.25) is 0 Å². The van der Waals surface area contributed by atoms with Crippen LogP contribution in [0.1, 0.15) is 22.7 Å². The molecule has 0 radical (unpaired) electrons. The summed E-state index contributed by atoms with van der Waals surface area (Å²) in [4.78, 5) is 14.6. The van der Waals surface area contributed by atoms with Gasteiger partial charge in [-0.1, -0.05) is 0 Å². The van der Waals surface area contributed by atoms with Crippen LogP contribution in [0, 0.1) is 0 Å². The number of aromatic nitrogens is 2. The number of aryl methyl sites for hydroxylation is 1. The lowest BCUT2D eigenvalue weighted by Crippen LogP contribution is -2.05. The van der Waals surface area contributed by atoms with Crippen LogP contribution in [0.5, 0.6) is 0 Å². The van der Waals surface area contributed by atoms with Crippen LogP contribution in [0.15, 0.2) is 6.20 Å². The van der Waals surface area contributed by atoms with Gasteiger partial charge in [-0.25, -0.2) is 9.78 Å². The summed E-state index contributed by atoms with van der Waals surface area (Å²) in [6.07, 6.45) is 3.35. The lowest BCUT2D eigenvalue weighted by Gasteiger charge is -1.97. The third kappa shape index (κ3) is 1.18. The van der Waals surface area contributed by atoms with E-state index in [-0.39, 0.29) is 12.4 Å². The van der Waals surface area contributed by atoms with Gasteiger partial charge < -0.3 is 9.67 Å². The molecule has 0 aromatic carbocycles. The molecule has 0 aliphatic carbocycles. The SMILES string of the molecule is Cl.O=C(O)c1cnc2n1CCC2. The summed E-state index contributed by atoms with van der Waals surface area (Å²) in [6, 6.07) is 0. The van der Waals surface area contributed by atoms with Gasteiger partial charge in [0, 0.05) is 13.0 Å². The van der Waals surface area contributed by atoms with Crippen molar-refractivity contribution in [3.8, 4) is 0 Å². The fourth-order valence-corrected chi connectivity index (χ4v) is 1.43. The number of imidazole rings is 1. The molecule has 0 spiro atoms. The monoisotopic (exact) mass is 188 g/mol. The Morgan fingerprint density at radius 3 is 3.08 bits per heavy atom. The van der Waals surface area contributed by atoms with E-state index in [4.69, 9.17) is 5.11 Å². The van der Waals surface area contributed by atoms with Crippen molar-refractivity contribution in [3.05, 3.63) is 17.7 Å². The number of rotatable bonds is 1. The molecule has 5 heteroatoms. The first-order valence-corrected chi connectivity index (χ1v) is 3.57. The van der Waals surface area contributed by atoms with Gasteiger partial charge in [-0.15, -0.1) is 12.4 Å². The molecule has 0 amide bonds. The van der Waals surface area contributed by atoms with Crippen molar-refractivity contribution < 1.29 is 9.90 Å². The third-order valence-corrected chi connectivity index (χ3v) is 1.94. The maximum atomic E-state index is 10.6. The molecule has 1 N–H and O–H groups in total. The molecule has 0 fully saturated rings. The van der Waals surface area contributed by atoms with Crippen LogP contribution in [-0.4, -0.2) is 20.6 Å². The Hall–Kier alpha value is -1.03. The summed E-state index contributed by atoms with van der Waals surface area (Å²) in [7, 11) is 0. The molecule has 0 saturated carbocycles. The molecule has 1 aromatic rings. The zero-order chi connectivity index (χ0) is 7.84. The van der Waals surface area contributed by atoms with Crippen LogP contribution in [0.25, 0.3) is 0 Å². The first-order chi connectivity index (χ1) is 5.29. The highest BCUT2D eigenvalue weighted by Crippen LogP contribution is 2.15. The van der Waals surface area contributed by atoms with E-state index in [1.54, 1.807) is 4.57 Å². The smallest absolute Gasteiger partial charge is 0.354 e. The average Bonchev–Trinajstić information content (AvgIpc) is 2.41. The molecule has 0 unspecified atom stereocenters. The molecule has 1 aliphatic heterocycles. The quantitative estimate of drug-likeness (QED) is 0.714. The Balaban J connectivity index is 0.000000720. The van der Waals surface area contributed by atoms with Crippen LogP contribution >= 0.6 is 12.4 Å². The molecule has 4 nitrogen and oxygen atoms in total. The zero-order valence-electron chi connectivity index (χ0n) is 6.36. The minimum absolute atomic E-state index is 0. The van der Waals surface area contributed by atoms with E-state index in [0.717, 1.165) is 25.2 Å². The summed E-state index contributed by atoms with van der Waals surface area (Å²) in [5.74, 6) is 0.0213. The minimum atomic E-state index is -0.884. The van der Waals surface area contributed by atoms with Crippen molar-refractivity contribution in [1.29, 1.82) is 0 Å². The molecule has 2 rings (SSSR count). The predicted octanol–water partition coefficient (Wildman–Crippen LogP) is 0.949. The Morgan fingerprint density at radius 1 is 1.67 bits per heavy atom. The summed E-state index contributed by atoms with van der Waals surface area (Å²) in [5.41, 5.74) is 0.317. The Labute approximate surface area is 75.6 Å². The van der Waals surface area contributed by atoms with Gasteiger partial charge in [0.25, 0.3) is 0 Å². The van der Waals surface area contributed by atoms with Crippen molar-refractivity contribution in [3.63, 3.8) is 0 Å². The fraction of sp³-hybridized carbons (Fsp3) is 0.429. The molecule has 0 saturated heterocycles. The van der Waals surface area contributed by atoms with Crippen molar-refractivity contribution in [2.45, 2.75) is 19.4 Å². The van der Waals surface area contributed by atoms with Gasteiger partial charge in [0.1, 0.15) is 11.5 Å². The van der Waals surface area contributed by atoms with Gasteiger partial charge in [0.05, 0.1) is 6.20 Å². The van der Waals surface area contributed by atoms with E-state index in [1.165, 1.54) is 6.20 Å². The van der Waals surface area contributed by atoms with Crippen molar-refractivity contribution in [2.75, 3.05) is 0 Å². The standard InChI is InChI=1S/C7H8N2O2.ClH/c10-7(11)5-4-8-6-2-1-3-9(5)6;/h4H,1-3H2,(H,10,11);1H. The molecule has 0 atom stereocenters. The summed E-state index contributed by atoms with van der Waals surface area (Å²) < 4.78 is 1.77. The third-order valence-electron chi connectivity index (χ3n) is 1.94. The van der Waals surface area contributed by atoms with E-state index in [0.29, 0.717) is 5.69 Å². The number of carboxylic acids is 1. The lowest BCUT2D eigenvalue weighted by molar-refractivity contribution is 0.0685. The van der Waals surface area contributed by atoms with E-state index in [9.17, 15) is 4.79 Å². The Bertz CT molecular complexity index is 308. The molecule has 2 heterocycles. The van der Waals surface area contributed by atoms with E-state index in [2.05, 4.69) is 4.98 Å². The summed E-state index contributed by atoms with van der Waals surface area (Å²) in [5, 5.41) is 8.68. The molecular weight excluding hydrogens is 180 g/mol. The first kappa shape index (κ1) is 9.06. The van der Waals surface area contributed by atoms with Gasteiger partial charge in [-0.05, 0) is 6.42 Å². The van der Waals surface area contributed by atoms with Gasteiger partial charge in [-0.3, -0.25) is 0 Å². The summed E-state index contributed by atoms with van der Waals surface area (Å²) >= 11 is 0. The van der Waals surface area contributed by atoms with Crippen molar-refractivity contribution >= 4 is 18.4 Å². The average molecular weight is 189 g/mol. The number of carboxylic acid groups (broad SMARTS) is 1. The molecular formula is C7H9ClN2O2. The maximum Gasteiger partial charge on any atom is 0.354 e. The number of nitrogens with zero attached hydrogens (tertiary/aromatic N) is 2. The molecule has 1 aromatic heterocycles. The second kappa shape index (κ2) is 3.15. The highest BCUT2D eigenvalue weighted by atomic mass is 35.5. The predicted molar refractivity (Wildman–Crippen MR) is 44.8 cm³/mol. The molecule has 1 aliphatic rings. The second-order valence-corrected chi connectivity index (χ2v) is 2.62. The maximum absolute atomic E-state index is 10.6. The van der Waals surface area contributed by atoms with Crippen molar-refractivity contribution in [2.24, 2.45) is 0 Å². The molecule has 66 valence electrons. The number of halogens is 1. The van der Waals surface area contributed by atoms with Crippen LogP contribution < -0.4 is 0 Å². The molecule has 12 heavy (non-hydrogen) atoms. The van der Waals surface area contributed by atoms with Crippen LogP contribution in [0.4, 0.5) is 0 Å². The number of fused-ring (bicyclic) bond motifs is 1. The lowest BCUT2D eigenvalue weighted by atomic mass is 10.4. The van der Waals surface area contributed by atoms with Crippen LogP contribution in [-0.2, 0) is 13.0 Å². The van der Waals surface area contributed by atoms with Crippen LogP contribution in [0.2, 0.25) is 0 Å². The normalized spacial score (nSPS) is 13.7. The Morgan fingerprint density at radius 2 is 2.42 bits per heavy atom. The van der Waals surface area contributed by atoms with Crippen LogP contribution in [0.3, 0.4) is 0 Å². The highest BCUT2D eigenvalue weighted by Gasteiger charge is 2.18. The number of aromatic carboxylic acids is 1. The largest absolute Gasteiger partial charge is 0.477 e. The number of hydrogen-bond donors (Lipinski definition) is 1. The van der Waals surface area contributed by atoms with Crippen molar-refractivity contribution in [1.82, 2.24) is 9.55 Å². The minimum Gasteiger partial charge on any atom is -0.477 e. The Kier molecular flexibility index (Phi) is 2.38. The van der Waals surface area contributed by atoms with E-state index in [1.807, 2.05) is 0 Å². The summed E-state index contributed by atoms with van der Waals surface area (Å²) in [6.45, 7) is 0.803. The van der Waals surface area contributed by atoms with Gasteiger partial charge >= 0.3 is 5.97 Å². The highest BCUT2D eigenvalue weighted by molar-refractivity contribution is 5.85. The van der Waals surface area contributed by atoms with Gasteiger partial charge in [-0.2, -0.15) is 0 Å². The zero-order valence-corrected chi connectivity index (χ0v) is 7.17. The van der Waals surface area contributed by atoms with E-state index < -0.39 is 5.97 Å². The number of hydrogen-bond acceptors (Lipinski definition) is 2. The first-order valence-electron chi connectivity index (χ1n) is 3.57. The number of carbonyl (C=O) groups is 1. The molecule has 0 bridgehead atoms.